The van der Waals surface area contributed by atoms with Crippen molar-refractivity contribution >= 4 is 15.1 Å². The number of hydrogen-bond donors (Lipinski definition) is 1. The Hall–Kier alpha value is -0.313. The minimum absolute atomic E-state index is 0.105. The van der Waals surface area contributed by atoms with Crippen molar-refractivity contribution in [2.24, 2.45) is 0 Å². The summed E-state index contributed by atoms with van der Waals surface area (Å²) in [5.41, 5.74) is -0.665. The molecule has 0 saturated heterocycles. The molecule has 2 nitrogen and oxygen atoms in total. The molecule has 0 fully saturated rings. The van der Waals surface area contributed by atoms with Crippen molar-refractivity contribution in [1.29, 1.82) is 0 Å². The lowest BCUT2D eigenvalue weighted by molar-refractivity contribution is 0.219. The summed E-state index contributed by atoms with van der Waals surface area (Å²) < 4.78 is 0. The van der Waals surface area contributed by atoms with Crippen molar-refractivity contribution < 1.29 is 9.90 Å². The molecular weight excluding hydrogens is 108 g/mol. The third-order valence-corrected chi connectivity index (χ3v) is 1.58. The van der Waals surface area contributed by atoms with E-state index in [1.165, 1.54) is 0 Å². The molecule has 0 aliphatic carbocycles. The van der Waals surface area contributed by atoms with Gasteiger partial charge >= 0.3 is 0 Å². The Morgan fingerprint density at radius 3 is 2.57 bits per heavy atom. The summed E-state index contributed by atoms with van der Waals surface area (Å²) in [5.74, 6) is 0. The van der Waals surface area contributed by atoms with Crippen LogP contribution in [0.25, 0.3) is 0 Å². The summed E-state index contributed by atoms with van der Waals surface area (Å²) in [6.45, 7) is 1.98. The highest BCUT2D eigenvalue weighted by atomic mass is 28.2. The molecule has 40 valence electrons. The van der Waals surface area contributed by atoms with E-state index in [4.69, 9.17) is 5.11 Å². The summed E-state index contributed by atoms with van der Waals surface area (Å²) in [5, 5.41) is 8.06. The van der Waals surface area contributed by atoms with Gasteiger partial charge in [-0.2, -0.15) is 0 Å². The number of rotatable bonds is 3. The Bertz CT molecular complexity index is 62.7. The second-order valence-corrected chi connectivity index (χ2v) is 2.51. The number of carbonyl (C=O) groups is 1. The summed E-state index contributed by atoms with van der Waals surface area (Å²) in [6.07, 6.45) is 0.977. The van der Waals surface area contributed by atoms with E-state index in [9.17, 15) is 4.79 Å². The fourth-order valence-electron chi connectivity index (χ4n) is 0.232. The molecule has 0 rings (SSSR count). The van der Waals surface area contributed by atoms with Crippen LogP contribution in [-0.2, 0) is 0 Å². The lowest BCUT2D eigenvalue weighted by atomic mass is 10.6. The van der Waals surface area contributed by atoms with Crippen LogP contribution in [0.5, 0.6) is 0 Å². The first-order chi connectivity index (χ1) is 3.27. The van der Waals surface area contributed by atoms with Crippen LogP contribution < -0.4 is 0 Å². The van der Waals surface area contributed by atoms with Crippen LogP contribution in [0.4, 0.5) is 4.79 Å². The zero-order valence-corrected chi connectivity index (χ0v) is 5.27. The van der Waals surface area contributed by atoms with E-state index in [-0.39, 0.29) is 9.52 Å². The highest BCUT2D eigenvalue weighted by molar-refractivity contribution is 6.71. The molecule has 0 aliphatic rings. The first kappa shape index (κ1) is 6.69. The smallest absolute Gasteiger partial charge is 0.265 e. The average molecular weight is 116 g/mol. The van der Waals surface area contributed by atoms with Gasteiger partial charge in [0, 0.05) is 0 Å². The summed E-state index contributed by atoms with van der Waals surface area (Å²) >= 11 is 0. The van der Waals surface area contributed by atoms with Gasteiger partial charge in [-0.3, -0.25) is 4.79 Å². The standard InChI is InChI=1S/C4H8O2Si/c1-2-3-7-4(5)6/h2-3H2,1H3,(H,5,6). The van der Waals surface area contributed by atoms with E-state index >= 15 is 0 Å². The van der Waals surface area contributed by atoms with Crippen LogP contribution in [0.1, 0.15) is 13.3 Å². The molecule has 7 heavy (non-hydrogen) atoms. The van der Waals surface area contributed by atoms with Gasteiger partial charge in [-0.25, -0.2) is 0 Å². The molecule has 0 aliphatic heterocycles. The van der Waals surface area contributed by atoms with Gasteiger partial charge in [0.25, 0.3) is 5.59 Å². The van der Waals surface area contributed by atoms with Crippen molar-refractivity contribution in [3.63, 3.8) is 0 Å². The number of carboxylic acid groups (broad SMARTS) is 1. The molecule has 2 radical (unpaired) electrons. The normalized spacial score (nSPS) is 8.71. The highest BCUT2D eigenvalue weighted by Gasteiger charge is 1.93. The van der Waals surface area contributed by atoms with E-state index in [0.717, 1.165) is 12.5 Å². The Balaban J connectivity index is 2.82. The minimum Gasteiger partial charge on any atom is -0.486 e. The molecule has 0 spiro atoms. The third kappa shape index (κ3) is 5.69. The van der Waals surface area contributed by atoms with Gasteiger partial charge < -0.3 is 5.11 Å². The predicted molar refractivity (Wildman–Crippen MR) is 28.9 cm³/mol. The quantitative estimate of drug-likeness (QED) is 0.562. The fourth-order valence-corrected chi connectivity index (χ4v) is 0.696. The van der Waals surface area contributed by atoms with Gasteiger partial charge in [0.2, 0.25) is 0 Å². The van der Waals surface area contributed by atoms with Gasteiger partial charge in [-0.05, 0) is 0 Å². The highest BCUT2D eigenvalue weighted by Crippen LogP contribution is 1.83. The fraction of sp³-hybridized carbons (Fsp3) is 0.750. The van der Waals surface area contributed by atoms with Crippen molar-refractivity contribution in [3.05, 3.63) is 0 Å². The molecule has 0 heterocycles. The maximum absolute atomic E-state index is 9.77. The van der Waals surface area contributed by atoms with Gasteiger partial charge in [0.1, 0.15) is 0 Å². The van der Waals surface area contributed by atoms with Crippen LogP contribution >= 0.6 is 0 Å². The molecule has 1 N–H and O–H groups in total. The van der Waals surface area contributed by atoms with Crippen LogP contribution in [0.2, 0.25) is 6.04 Å². The van der Waals surface area contributed by atoms with E-state index in [2.05, 4.69) is 0 Å². The van der Waals surface area contributed by atoms with Crippen LogP contribution in [0, 0.1) is 0 Å². The monoisotopic (exact) mass is 116 g/mol. The molecule has 3 heteroatoms. The molecule has 0 aromatic rings. The molecule has 0 unspecified atom stereocenters. The summed E-state index contributed by atoms with van der Waals surface area (Å²) in [7, 11) is 0.105. The van der Waals surface area contributed by atoms with E-state index in [1.54, 1.807) is 0 Å². The topological polar surface area (TPSA) is 37.3 Å². The van der Waals surface area contributed by atoms with Crippen molar-refractivity contribution in [3.8, 4) is 0 Å². The van der Waals surface area contributed by atoms with Crippen molar-refractivity contribution in [2.75, 3.05) is 0 Å². The summed E-state index contributed by atoms with van der Waals surface area (Å²) in [4.78, 5) is 9.77. The summed E-state index contributed by atoms with van der Waals surface area (Å²) in [6, 6.07) is 0.829. The van der Waals surface area contributed by atoms with Gasteiger partial charge in [0.05, 0.1) is 0 Å². The Morgan fingerprint density at radius 2 is 2.43 bits per heavy atom. The van der Waals surface area contributed by atoms with Crippen LogP contribution in [0.3, 0.4) is 0 Å². The van der Waals surface area contributed by atoms with Gasteiger partial charge in [-0.1, -0.05) is 19.4 Å². The molecule has 0 amide bonds. The maximum Gasteiger partial charge on any atom is 0.265 e. The number of hydrogen-bond acceptors (Lipinski definition) is 1. The predicted octanol–water partition coefficient (Wildman–Crippen LogP) is 1.20. The van der Waals surface area contributed by atoms with E-state index < -0.39 is 5.59 Å². The minimum atomic E-state index is -0.665. The average Bonchev–Trinajstić information content (AvgIpc) is 1.61. The Labute approximate surface area is 45.4 Å². The second-order valence-electron chi connectivity index (χ2n) is 1.23. The van der Waals surface area contributed by atoms with Gasteiger partial charge in [-0.15, -0.1) is 0 Å². The molecule has 0 aromatic heterocycles. The molecule has 0 atom stereocenters. The lowest BCUT2D eigenvalue weighted by Gasteiger charge is -1.83. The first-order valence-corrected chi connectivity index (χ1v) is 3.45. The zero-order valence-electron chi connectivity index (χ0n) is 4.27. The Kier molecular flexibility index (Phi) is 3.69. The third-order valence-electron chi connectivity index (χ3n) is 0.526. The SMILES string of the molecule is CCC[Si]C(=O)O. The molecule has 0 aromatic carbocycles. The second kappa shape index (κ2) is 3.86. The zero-order chi connectivity index (χ0) is 5.70. The van der Waals surface area contributed by atoms with Gasteiger partial charge in [0.15, 0.2) is 9.52 Å². The molecule has 0 bridgehead atoms. The maximum atomic E-state index is 9.77. The molecular formula is C4H8O2Si. The Morgan fingerprint density at radius 1 is 1.86 bits per heavy atom. The van der Waals surface area contributed by atoms with Crippen molar-refractivity contribution in [1.82, 2.24) is 0 Å². The van der Waals surface area contributed by atoms with Crippen molar-refractivity contribution in [2.45, 2.75) is 19.4 Å². The van der Waals surface area contributed by atoms with E-state index in [1.807, 2.05) is 6.92 Å². The largest absolute Gasteiger partial charge is 0.486 e. The molecule has 0 saturated carbocycles. The van der Waals surface area contributed by atoms with Crippen LogP contribution in [-0.4, -0.2) is 20.2 Å². The lowest BCUT2D eigenvalue weighted by Crippen LogP contribution is -2.02. The first-order valence-electron chi connectivity index (χ1n) is 2.24. The van der Waals surface area contributed by atoms with E-state index in [0.29, 0.717) is 0 Å². The van der Waals surface area contributed by atoms with Crippen LogP contribution in [0.15, 0.2) is 0 Å².